The molecule has 41 heavy (non-hydrogen) atoms. The molecule has 11 heteroatoms. The van der Waals surface area contributed by atoms with Gasteiger partial charge in [-0.2, -0.15) is 5.10 Å². The first kappa shape index (κ1) is 29.9. The Morgan fingerprint density at radius 3 is 2.41 bits per heavy atom. The first-order chi connectivity index (χ1) is 19.4. The highest BCUT2D eigenvalue weighted by Gasteiger charge is 2.30. The SMILES string of the molecule is CC(C)(C)OC(=O)N1CCC(C(O)CNC(=O)c2cccc(Cn3nc(-c4cc(F)cc(F)c4)ccc3=O)c2)CC1. The lowest BCUT2D eigenvalue weighted by atomic mass is 9.91. The molecule has 1 saturated heterocycles. The molecule has 1 unspecified atom stereocenters. The molecule has 0 bridgehead atoms. The van der Waals surface area contributed by atoms with Crippen LogP contribution in [0.25, 0.3) is 11.3 Å². The predicted octanol–water partition coefficient (Wildman–Crippen LogP) is 3.97. The zero-order valence-corrected chi connectivity index (χ0v) is 23.3. The van der Waals surface area contributed by atoms with E-state index in [1.807, 2.05) is 20.8 Å². The summed E-state index contributed by atoms with van der Waals surface area (Å²) < 4.78 is 33.9. The molecule has 1 aromatic heterocycles. The standard InChI is InChI=1S/C30H34F2N4O5/c1-30(2,3)41-29(40)35-11-9-20(10-12-35)26(37)17-33-28(39)21-6-4-5-19(13-21)18-36-27(38)8-7-25(34-36)22-14-23(31)16-24(32)15-22/h4-8,13-16,20,26,37H,9-12,17-18H2,1-3H3,(H,33,39). The Bertz CT molecular complexity index is 1440. The van der Waals surface area contributed by atoms with Crippen LogP contribution in [-0.4, -0.2) is 63.1 Å². The quantitative estimate of drug-likeness (QED) is 0.446. The number of hydrogen-bond donors (Lipinski definition) is 2. The van der Waals surface area contributed by atoms with Gasteiger partial charge in [-0.15, -0.1) is 0 Å². The Kier molecular flexibility index (Phi) is 9.17. The fourth-order valence-electron chi connectivity index (χ4n) is 4.66. The van der Waals surface area contributed by atoms with Gasteiger partial charge in [0.2, 0.25) is 0 Å². The third kappa shape index (κ3) is 8.20. The number of amides is 2. The van der Waals surface area contributed by atoms with Gasteiger partial charge in [-0.05, 0) is 75.4 Å². The highest BCUT2D eigenvalue weighted by Crippen LogP contribution is 2.23. The maximum atomic E-state index is 13.7. The van der Waals surface area contributed by atoms with Gasteiger partial charge in [0.1, 0.15) is 17.2 Å². The van der Waals surface area contributed by atoms with Crippen LogP contribution in [0.15, 0.2) is 59.4 Å². The van der Waals surface area contributed by atoms with E-state index in [9.17, 15) is 28.3 Å². The molecule has 3 aromatic rings. The molecule has 218 valence electrons. The average Bonchev–Trinajstić information content (AvgIpc) is 2.91. The van der Waals surface area contributed by atoms with Crippen molar-refractivity contribution in [3.8, 4) is 11.3 Å². The van der Waals surface area contributed by atoms with Crippen molar-refractivity contribution in [3.63, 3.8) is 0 Å². The Morgan fingerprint density at radius 1 is 1.07 bits per heavy atom. The number of benzene rings is 2. The molecular weight excluding hydrogens is 534 g/mol. The number of rotatable bonds is 7. The van der Waals surface area contributed by atoms with E-state index in [4.69, 9.17) is 4.74 Å². The van der Waals surface area contributed by atoms with Crippen molar-refractivity contribution in [1.82, 2.24) is 20.0 Å². The van der Waals surface area contributed by atoms with Crippen LogP contribution in [0.3, 0.4) is 0 Å². The lowest BCUT2D eigenvalue weighted by Gasteiger charge is -2.35. The van der Waals surface area contributed by atoms with Crippen LogP contribution in [0, 0.1) is 17.6 Å². The van der Waals surface area contributed by atoms with E-state index in [1.165, 1.54) is 12.1 Å². The molecule has 2 heterocycles. The number of nitrogens with zero attached hydrogens (tertiary/aromatic N) is 3. The van der Waals surface area contributed by atoms with E-state index < -0.39 is 28.9 Å². The highest BCUT2D eigenvalue weighted by atomic mass is 19.1. The van der Waals surface area contributed by atoms with Crippen LogP contribution in [0.1, 0.15) is 49.5 Å². The summed E-state index contributed by atoms with van der Waals surface area (Å²) >= 11 is 0. The Labute approximate surface area is 236 Å². The summed E-state index contributed by atoms with van der Waals surface area (Å²) in [6.07, 6.45) is 0.0377. The summed E-state index contributed by atoms with van der Waals surface area (Å²) in [4.78, 5) is 39.2. The Morgan fingerprint density at radius 2 is 1.76 bits per heavy atom. The molecule has 1 atom stereocenters. The third-order valence-corrected chi connectivity index (χ3v) is 6.75. The molecule has 2 N–H and O–H groups in total. The number of carbonyl (C=O) groups excluding carboxylic acids is 2. The van der Waals surface area contributed by atoms with Crippen molar-refractivity contribution in [3.05, 3.63) is 87.7 Å². The van der Waals surface area contributed by atoms with E-state index in [2.05, 4.69) is 10.4 Å². The second-order valence-corrected chi connectivity index (χ2v) is 11.2. The normalized spacial score (nSPS) is 14.9. The maximum Gasteiger partial charge on any atom is 0.410 e. The Hall–Kier alpha value is -4.12. The van der Waals surface area contributed by atoms with Crippen molar-refractivity contribution in [2.45, 2.75) is 51.9 Å². The zero-order valence-electron chi connectivity index (χ0n) is 23.3. The summed E-state index contributed by atoms with van der Waals surface area (Å²) in [5.41, 5.74) is 0.382. The molecule has 1 aliphatic rings. The number of likely N-dealkylation sites (tertiary alicyclic amines) is 1. The van der Waals surface area contributed by atoms with E-state index in [0.717, 1.165) is 22.9 Å². The Balaban J connectivity index is 1.34. The average molecular weight is 569 g/mol. The molecule has 0 saturated carbocycles. The van der Waals surface area contributed by atoms with Crippen LogP contribution in [0.5, 0.6) is 0 Å². The van der Waals surface area contributed by atoms with Gasteiger partial charge in [-0.1, -0.05) is 12.1 Å². The molecule has 4 rings (SSSR count). The molecule has 9 nitrogen and oxygen atoms in total. The highest BCUT2D eigenvalue weighted by molar-refractivity contribution is 5.94. The van der Waals surface area contributed by atoms with E-state index in [1.54, 1.807) is 29.2 Å². The van der Waals surface area contributed by atoms with Crippen molar-refractivity contribution in [1.29, 1.82) is 0 Å². The molecular formula is C30H34F2N4O5. The topological polar surface area (TPSA) is 114 Å². The number of carbonyl (C=O) groups is 2. The van der Waals surface area contributed by atoms with Gasteiger partial charge in [0.05, 0.1) is 18.3 Å². The maximum absolute atomic E-state index is 13.7. The molecule has 1 fully saturated rings. The summed E-state index contributed by atoms with van der Waals surface area (Å²) in [5.74, 6) is -1.97. The number of ether oxygens (including phenoxy) is 1. The number of halogens is 2. The largest absolute Gasteiger partial charge is 0.444 e. The smallest absolute Gasteiger partial charge is 0.410 e. The van der Waals surface area contributed by atoms with Gasteiger partial charge in [0.25, 0.3) is 11.5 Å². The predicted molar refractivity (Wildman–Crippen MR) is 148 cm³/mol. The molecule has 0 aliphatic carbocycles. The van der Waals surface area contributed by atoms with Crippen LogP contribution >= 0.6 is 0 Å². The summed E-state index contributed by atoms with van der Waals surface area (Å²) in [7, 11) is 0. The summed E-state index contributed by atoms with van der Waals surface area (Å²) in [6, 6.07) is 12.3. The number of aliphatic hydroxyl groups is 1. The van der Waals surface area contributed by atoms with Gasteiger partial charge < -0.3 is 20.1 Å². The lowest BCUT2D eigenvalue weighted by Crippen LogP contribution is -2.45. The van der Waals surface area contributed by atoms with E-state index in [0.29, 0.717) is 37.1 Å². The van der Waals surface area contributed by atoms with Crippen molar-refractivity contribution in [2.75, 3.05) is 19.6 Å². The van der Waals surface area contributed by atoms with Gasteiger partial charge in [-0.25, -0.2) is 18.3 Å². The second kappa shape index (κ2) is 12.6. The van der Waals surface area contributed by atoms with E-state index >= 15 is 0 Å². The van der Waals surface area contributed by atoms with Crippen LogP contribution in [-0.2, 0) is 11.3 Å². The van der Waals surface area contributed by atoms with Crippen LogP contribution < -0.4 is 10.9 Å². The third-order valence-electron chi connectivity index (χ3n) is 6.75. The molecule has 0 radical (unpaired) electrons. The number of piperidine rings is 1. The minimum absolute atomic E-state index is 0.0322. The zero-order chi connectivity index (χ0) is 29.7. The van der Waals surface area contributed by atoms with Crippen LogP contribution in [0.4, 0.5) is 13.6 Å². The number of aromatic nitrogens is 2. The first-order valence-electron chi connectivity index (χ1n) is 13.5. The van der Waals surface area contributed by atoms with Crippen LogP contribution in [0.2, 0.25) is 0 Å². The van der Waals surface area contributed by atoms with Crippen molar-refractivity contribution in [2.24, 2.45) is 5.92 Å². The van der Waals surface area contributed by atoms with Gasteiger partial charge in [0.15, 0.2) is 0 Å². The minimum Gasteiger partial charge on any atom is -0.444 e. The fourth-order valence-corrected chi connectivity index (χ4v) is 4.66. The molecule has 2 aromatic carbocycles. The summed E-state index contributed by atoms with van der Waals surface area (Å²) in [6.45, 7) is 6.45. The fraction of sp³-hybridized carbons (Fsp3) is 0.400. The monoisotopic (exact) mass is 568 g/mol. The number of hydrogen-bond acceptors (Lipinski definition) is 6. The minimum atomic E-state index is -0.777. The molecule has 1 aliphatic heterocycles. The van der Waals surface area contributed by atoms with E-state index in [-0.39, 0.29) is 42.3 Å². The lowest BCUT2D eigenvalue weighted by molar-refractivity contribution is 0.00824. The van der Waals surface area contributed by atoms with Gasteiger partial charge in [-0.3, -0.25) is 9.59 Å². The molecule has 2 amide bonds. The van der Waals surface area contributed by atoms with Gasteiger partial charge in [0, 0.05) is 42.9 Å². The number of nitrogens with one attached hydrogen (secondary N) is 1. The summed E-state index contributed by atoms with van der Waals surface area (Å²) in [5, 5.41) is 17.7. The molecule has 0 spiro atoms. The number of aliphatic hydroxyl groups excluding tert-OH is 1. The van der Waals surface area contributed by atoms with Crippen molar-refractivity contribution >= 4 is 12.0 Å². The van der Waals surface area contributed by atoms with Crippen molar-refractivity contribution < 1.29 is 28.2 Å². The van der Waals surface area contributed by atoms with Gasteiger partial charge >= 0.3 is 6.09 Å². The second-order valence-electron chi connectivity index (χ2n) is 11.2. The first-order valence-corrected chi connectivity index (χ1v) is 13.5.